The monoisotopic (exact) mass is 319 g/mol. The molecule has 0 bridgehead atoms. The molecule has 1 aromatic heterocycles. The van der Waals surface area contributed by atoms with Gasteiger partial charge in [-0.1, -0.05) is 6.07 Å². The standard InChI is InChI=1S/C16H21N3O2S/c1-2-21-16(20)13(10-17)11-18-12-14(15-6-5-9-22-15)19-7-3-4-8-19/h5-6,9,11,13-14H,2-4,7-8,12H2,1H3/t13-,14-/m1/s1. The number of carbonyl (C=O) groups is 1. The van der Waals surface area contributed by atoms with Crippen LogP contribution in [0.25, 0.3) is 0 Å². The van der Waals surface area contributed by atoms with Crippen molar-refractivity contribution in [2.45, 2.75) is 25.8 Å². The molecule has 2 atom stereocenters. The molecule has 6 heteroatoms. The lowest BCUT2D eigenvalue weighted by Gasteiger charge is -2.25. The van der Waals surface area contributed by atoms with Crippen LogP contribution in [0.5, 0.6) is 0 Å². The lowest BCUT2D eigenvalue weighted by molar-refractivity contribution is -0.143. The predicted octanol–water partition coefficient (Wildman–Crippen LogP) is 2.66. The SMILES string of the molecule is CCOC(=O)[C@H](C#N)C=NC[C@H](c1cccs1)N1CCCC1. The number of likely N-dealkylation sites (tertiary alicyclic amines) is 1. The number of hydrogen-bond donors (Lipinski definition) is 0. The normalized spacial score (nSPS) is 18.2. The number of nitrogens with zero attached hydrogens (tertiary/aromatic N) is 3. The highest BCUT2D eigenvalue weighted by molar-refractivity contribution is 7.10. The molecule has 0 saturated carbocycles. The van der Waals surface area contributed by atoms with Gasteiger partial charge < -0.3 is 4.74 Å². The Morgan fingerprint density at radius 3 is 2.95 bits per heavy atom. The Balaban J connectivity index is 2.00. The fourth-order valence-corrected chi connectivity index (χ4v) is 3.42. The topological polar surface area (TPSA) is 65.7 Å². The van der Waals surface area contributed by atoms with Crippen LogP contribution < -0.4 is 0 Å². The lowest BCUT2D eigenvalue weighted by atomic mass is 10.2. The molecule has 0 unspecified atom stereocenters. The molecule has 2 rings (SSSR count). The van der Waals surface area contributed by atoms with Crippen molar-refractivity contribution in [2.24, 2.45) is 10.9 Å². The van der Waals surface area contributed by atoms with Crippen molar-refractivity contribution in [1.82, 2.24) is 4.90 Å². The van der Waals surface area contributed by atoms with Gasteiger partial charge in [0.2, 0.25) is 0 Å². The fraction of sp³-hybridized carbons (Fsp3) is 0.562. The zero-order valence-corrected chi connectivity index (χ0v) is 13.6. The van der Waals surface area contributed by atoms with Gasteiger partial charge >= 0.3 is 5.97 Å². The van der Waals surface area contributed by atoms with Crippen molar-refractivity contribution >= 4 is 23.5 Å². The second-order valence-corrected chi connectivity index (χ2v) is 6.13. The maximum atomic E-state index is 11.6. The van der Waals surface area contributed by atoms with Crippen LogP contribution in [-0.2, 0) is 9.53 Å². The molecule has 1 aliphatic rings. The van der Waals surface area contributed by atoms with E-state index in [1.165, 1.54) is 23.9 Å². The van der Waals surface area contributed by atoms with Crippen LogP contribution in [-0.4, -0.2) is 43.3 Å². The van der Waals surface area contributed by atoms with Crippen molar-refractivity contribution in [3.63, 3.8) is 0 Å². The number of thiophene rings is 1. The Morgan fingerprint density at radius 2 is 2.36 bits per heavy atom. The molecule has 0 amide bonds. The van der Waals surface area contributed by atoms with E-state index in [4.69, 9.17) is 10.00 Å². The largest absolute Gasteiger partial charge is 0.465 e. The molecule has 5 nitrogen and oxygen atoms in total. The van der Waals surface area contributed by atoms with E-state index in [1.54, 1.807) is 18.3 Å². The van der Waals surface area contributed by atoms with Crippen LogP contribution in [0.2, 0.25) is 0 Å². The Labute approximate surface area is 135 Å². The molecular weight excluding hydrogens is 298 g/mol. The number of ether oxygens (including phenoxy) is 1. The first-order valence-electron chi connectivity index (χ1n) is 7.60. The summed E-state index contributed by atoms with van der Waals surface area (Å²) in [5.74, 6) is -1.44. The molecule has 0 spiro atoms. The van der Waals surface area contributed by atoms with Gasteiger partial charge in [0.25, 0.3) is 0 Å². The van der Waals surface area contributed by atoms with Gasteiger partial charge in [0.15, 0.2) is 5.92 Å². The van der Waals surface area contributed by atoms with E-state index < -0.39 is 11.9 Å². The van der Waals surface area contributed by atoms with Crippen LogP contribution in [0.3, 0.4) is 0 Å². The fourth-order valence-electron chi connectivity index (χ4n) is 2.56. The minimum absolute atomic E-state index is 0.236. The molecule has 1 aliphatic heterocycles. The second-order valence-electron chi connectivity index (χ2n) is 5.15. The quantitative estimate of drug-likeness (QED) is 0.572. The van der Waals surface area contributed by atoms with E-state index in [0.29, 0.717) is 6.54 Å². The van der Waals surface area contributed by atoms with Crippen molar-refractivity contribution in [2.75, 3.05) is 26.2 Å². The summed E-state index contributed by atoms with van der Waals surface area (Å²) in [4.78, 5) is 19.7. The highest BCUT2D eigenvalue weighted by atomic mass is 32.1. The molecule has 2 heterocycles. The summed E-state index contributed by atoms with van der Waals surface area (Å²) in [6.07, 6.45) is 3.86. The van der Waals surface area contributed by atoms with Crippen LogP contribution in [0.4, 0.5) is 0 Å². The van der Waals surface area contributed by atoms with Crippen LogP contribution in [0.1, 0.15) is 30.7 Å². The van der Waals surface area contributed by atoms with Gasteiger partial charge in [-0.2, -0.15) is 5.26 Å². The van der Waals surface area contributed by atoms with Crippen LogP contribution >= 0.6 is 11.3 Å². The first kappa shape index (κ1) is 16.7. The number of hydrogen-bond acceptors (Lipinski definition) is 6. The van der Waals surface area contributed by atoms with Gasteiger partial charge in [-0.3, -0.25) is 14.7 Å². The van der Waals surface area contributed by atoms with Gasteiger partial charge in [-0.25, -0.2) is 0 Å². The molecule has 0 aromatic carbocycles. The smallest absolute Gasteiger partial charge is 0.328 e. The van der Waals surface area contributed by atoms with E-state index in [0.717, 1.165) is 13.1 Å². The van der Waals surface area contributed by atoms with Gasteiger partial charge in [-0.15, -0.1) is 11.3 Å². The number of aliphatic imine (C=N–C) groups is 1. The van der Waals surface area contributed by atoms with Crippen LogP contribution in [0, 0.1) is 17.2 Å². The Morgan fingerprint density at radius 1 is 1.59 bits per heavy atom. The molecular formula is C16H21N3O2S. The highest BCUT2D eigenvalue weighted by Crippen LogP contribution is 2.28. The number of carbonyl (C=O) groups excluding carboxylic acids is 1. The summed E-state index contributed by atoms with van der Waals surface area (Å²) in [6.45, 7) is 4.73. The number of rotatable bonds is 7. The average Bonchev–Trinajstić information content (AvgIpc) is 3.21. The molecule has 1 fully saturated rings. The third-order valence-electron chi connectivity index (χ3n) is 3.67. The summed E-state index contributed by atoms with van der Waals surface area (Å²) < 4.78 is 4.86. The van der Waals surface area contributed by atoms with E-state index >= 15 is 0 Å². The summed E-state index contributed by atoms with van der Waals surface area (Å²) in [5.41, 5.74) is 0. The minimum Gasteiger partial charge on any atom is -0.465 e. The van der Waals surface area contributed by atoms with Crippen molar-refractivity contribution in [3.8, 4) is 6.07 Å². The van der Waals surface area contributed by atoms with Crippen molar-refractivity contribution in [1.29, 1.82) is 5.26 Å². The number of esters is 1. The molecule has 1 aromatic rings. The summed E-state index contributed by atoms with van der Waals surface area (Å²) >= 11 is 1.72. The summed E-state index contributed by atoms with van der Waals surface area (Å²) in [6, 6.07) is 6.33. The molecule has 0 aliphatic carbocycles. The van der Waals surface area contributed by atoms with Gasteiger partial charge in [0.05, 0.1) is 25.3 Å². The molecule has 0 radical (unpaired) electrons. The second kappa shape index (κ2) is 8.66. The van der Waals surface area contributed by atoms with E-state index in [-0.39, 0.29) is 12.6 Å². The van der Waals surface area contributed by atoms with E-state index in [2.05, 4.69) is 21.3 Å². The van der Waals surface area contributed by atoms with Gasteiger partial charge in [0, 0.05) is 11.1 Å². The zero-order valence-electron chi connectivity index (χ0n) is 12.8. The molecule has 0 N–H and O–H groups in total. The first-order chi connectivity index (χ1) is 10.8. The molecule has 22 heavy (non-hydrogen) atoms. The predicted molar refractivity (Wildman–Crippen MR) is 87.0 cm³/mol. The summed E-state index contributed by atoms with van der Waals surface area (Å²) in [7, 11) is 0. The third kappa shape index (κ3) is 4.39. The van der Waals surface area contributed by atoms with Crippen LogP contribution in [0.15, 0.2) is 22.5 Å². The first-order valence-corrected chi connectivity index (χ1v) is 8.48. The minimum atomic E-state index is -0.914. The number of nitriles is 1. The molecule has 1 saturated heterocycles. The average molecular weight is 319 g/mol. The Hall–Kier alpha value is -1.71. The Bertz CT molecular complexity index is 530. The zero-order chi connectivity index (χ0) is 15.8. The lowest BCUT2D eigenvalue weighted by Crippen LogP contribution is -2.27. The van der Waals surface area contributed by atoms with Crippen molar-refractivity contribution < 1.29 is 9.53 Å². The third-order valence-corrected chi connectivity index (χ3v) is 4.64. The Kier molecular flexibility index (Phi) is 6.56. The highest BCUT2D eigenvalue weighted by Gasteiger charge is 2.24. The van der Waals surface area contributed by atoms with Crippen molar-refractivity contribution in [3.05, 3.63) is 22.4 Å². The maximum absolute atomic E-state index is 11.6. The van der Waals surface area contributed by atoms with Gasteiger partial charge in [0.1, 0.15) is 0 Å². The molecule has 118 valence electrons. The maximum Gasteiger partial charge on any atom is 0.328 e. The van der Waals surface area contributed by atoms with E-state index in [9.17, 15) is 4.79 Å². The van der Waals surface area contributed by atoms with E-state index in [1.807, 2.05) is 12.1 Å². The van der Waals surface area contributed by atoms with Gasteiger partial charge in [-0.05, 0) is 44.3 Å². The summed E-state index contributed by atoms with van der Waals surface area (Å²) in [5, 5.41) is 11.1.